The Kier molecular flexibility index (Phi) is 3.90. The van der Waals surface area contributed by atoms with Gasteiger partial charge < -0.3 is 14.7 Å². The summed E-state index contributed by atoms with van der Waals surface area (Å²) in [5.74, 6) is 1.46. The van der Waals surface area contributed by atoms with Gasteiger partial charge in [-0.05, 0) is 39.3 Å². The van der Waals surface area contributed by atoms with Crippen LogP contribution in [0.5, 0.6) is 0 Å². The van der Waals surface area contributed by atoms with E-state index in [2.05, 4.69) is 34.3 Å². The highest BCUT2D eigenvalue weighted by Crippen LogP contribution is 2.18. The molecule has 90 valence electrons. The Morgan fingerprint density at radius 3 is 3.25 bits per heavy atom. The van der Waals surface area contributed by atoms with E-state index in [-0.39, 0.29) is 0 Å². The molecule has 5 nitrogen and oxygen atoms in total. The monoisotopic (exact) mass is 224 g/mol. The number of likely N-dealkylation sites (tertiary alicyclic amines) is 1. The molecule has 1 fully saturated rings. The fourth-order valence-corrected chi connectivity index (χ4v) is 2.30. The summed E-state index contributed by atoms with van der Waals surface area (Å²) in [6, 6.07) is 0.501. The summed E-state index contributed by atoms with van der Waals surface area (Å²) in [6.07, 6.45) is 3.98. The Balaban J connectivity index is 1.76. The van der Waals surface area contributed by atoms with Crippen LogP contribution in [0.1, 0.15) is 25.6 Å². The first kappa shape index (κ1) is 11.5. The highest BCUT2D eigenvalue weighted by atomic mass is 16.5. The van der Waals surface area contributed by atoms with Crippen molar-refractivity contribution in [2.24, 2.45) is 5.92 Å². The smallest absolute Gasteiger partial charge is 0.213 e. The van der Waals surface area contributed by atoms with Crippen molar-refractivity contribution in [3.05, 3.63) is 12.2 Å². The van der Waals surface area contributed by atoms with Crippen molar-refractivity contribution >= 4 is 0 Å². The van der Waals surface area contributed by atoms with Crippen molar-refractivity contribution in [2.75, 3.05) is 20.1 Å². The topological polar surface area (TPSA) is 54.2 Å². The number of nitrogens with one attached hydrogen (secondary N) is 1. The first-order valence-electron chi connectivity index (χ1n) is 5.93. The lowest BCUT2D eigenvalue weighted by molar-refractivity contribution is 0.178. The molecule has 1 aromatic rings. The van der Waals surface area contributed by atoms with E-state index in [4.69, 9.17) is 4.52 Å². The van der Waals surface area contributed by atoms with Gasteiger partial charge in [0.15, 0.2) is 5.82 Å². The molecule has 2 unspecified atom stereocenters. The number of aromatic nitrogens is 2. The predicted octanol–water partition coefficient (Wildman–Crippen LogP) is 0.889. The number of hydrogen-bond donors (Lipinski definition) is 1. The van der Waals surface area contributed by atoms with E-state index >= 15 is 0 Å². The van der Waals surface area contributed by atoms with Gasteiger partial charge in [0, 0.05) is 12.6 Å². The maximum absolute atomic E-state index is 4.70. The van der Waals surface area contributed by atoms with Gasteiger partial charge in [-0.2, -0.15) is 4.98 Å². The molecule has 0 radical (unpaired) electrons. The normalized spacial score (nSPS) is 24.5. The van der Waals surface area contributed by atoms with Gasteiger partial charge in [-0.1, -0.05) is 5.16 Å². The van der Waals surface area contributed by atoms with Gasteiger partial charge >= 0.3 is 0 Å². The first-order valence-corrected chi connectivity index (χ1v) is 5.93. The van der Waals surface area contributed by atoms with E-state index in [9.17, 15) is 0 Å². The summed E-state index contributed by atoms with van der Waals surface area (Å²) < 4.78 is 4.70. The molecular formula is C11H20N4O. The van der Waals surface area contributed by atoms with Crippen LogP contribution in [0, 0.1) is 5.92 Å². The molecule has 0 spiro atoms. The fourth-order valence-electron chi connectivity index (χ4n) is 2.30. The van der Waals surface area contributed by atoms with E-state index in [1.165, 1.54) is 32.3 Å². The van der Waals surface area contributed by atoms with Crippen molar-refractivity contribution in [2.45, 2.75) is 32.4 Å². The van der Waals surface area contributed by atoms with Crippen LogP contribution in [0.15, 0.2) is 10.9 Å². The van der Waals surface area contributed by atoms with Crippen LogP contribution >= 0.6 is 0 Å². The van der Waals surface area contributed by atoms with Gasteiger partial charge in [0.2, 0.25) is 6.39 Å². The minimum Gasteiger partial charge on any atom is -0.343 e. The Morgan fingerprint density at radius 2 is 2.56 bits per heavy atom. The standard InChI is InChI=1S/C11H20N4O/c1-9(10-4-3-5-15(2)7-10)12-6-11-13-8-16-14-11/h8-10,12H,3-7H2,1-2H3. The summed E-state index contributed by atoms with van der Waals surface area (Å²) in [5.41, 5.74) is 0. The predicted molar refractivity (Wildman–Crippen MR) is 60.8 cm³/mol. The van der Waals surface area contributed by atoms with Crippen LogP contribution < -0.4 is 5.32 Å². The largest absolute Gasteiger partial charge is 0.343 e. The molecule has 2 atom stereocenters. The van der Waals surface area contributed by atoms with Crippen LogP contribution in [0.4, 0.5) is 0 Å². The summed E-state index contributed by atoms with van der Waals surface area (Å²) >= 11 is 0. The van der Waals surface area contributed by atoms with Crippen molar-refractivity contribution < 1.29 is 4.52 Å². The van der Waals surface area contributed by atoms with Crippen molar-refractivity contribution in [3.63, 3.8) is 0 Å². The van der Waals surface area contributed by atoms with Gasteiger partial charge in [0.05, 0.1) is 6.54 Å². The highest BCUT2D eigenvalue weighted by Gasteiger charge is 2.22. The maximum Gasteiger partial charge on any atom is 0.213 e. The maximum atomic E-state index is 4.70. The summed E-state index contributed by atoms with van der Waals surface area (Å²) in [5, 5.41) is 7.25. The number of hydrogen-bond acceptors (Lipinski definition) is 5. The van der Waals surface area contributed by atoms with Crippen LogP contribution in [-0.2, 0) is 6.54 Å². The number of piperidine rings is 1. The van der Waals surface area contributed by atoms with Crippen LogP contribution in [0.2, 0.25) is 0 Å². The Hall–Kier alpha value is -0.940. The quantitative estimate of drug-likeness (QED) is 0.823. The summed E-state index contributed by atoms with van der Waals surface area (Å²) in [7, 11) is 2.19. The average molecular weight is 224 g/mol. The van der Waals surface area contributed by atoms with Gasteiger partial charge in [-0.15, -0.1) is 0 Å². The Morgan fingerprint density at radius 1 is 1.69 bits per heavy atom. The van der Waals surface area contributed by atoms with Crippen molar-refractivity contribution in [1.29, 1.82) is 0 Å². The van der Waals surface area contributed by atoms with Crippen LogP contribution in [0.25, 0.3) is 0 Å². The molecule has 0 amide bonds. The third kappa shape index (κ3) is 3.02. The van der Waals surface area contributed by atoms with E-state index in [1.54, 1.807) is 0 Å². The van der Waals surface area contributed by atoms with E-state index in [1.807, 2.05) is 0 Å². The Bertz CT molecular complexity index is 301. The fraction of sp³-hybridized carbons (Fsp3) is 0.818. The molecule has 1 saturated heterocycles. The van der Waals surface area contributed by atoms with Crippen LogP contribution in [-0.4, -0.2) is 41.2 Å². The second kappa shape index (κ2) is 5.41. The lowest BCUT2D eigenvalue weighted by Gasteiger charge is -2.33. The molecule has 1 aliphatic rings. The molecule has 1 aliphatic heterocycles. The molecule has 16 heavy (non-hydrogen) atoms. The molecule has 1 aromatic heterocycles. The minimum absolute atomic E-state index is 0.501. The number of nitrogens with zero attached hydrogens (tertiary/aromatic N) is 3. The van der Waals surface area contributed by atoms with Gasteiger partial charge in [-0.25, -0.2) is 0 Å². The molecule has 2 rings (SSSR count). The van der Waals surface area contributed by atoms with Gasteiger partial charge in [-0.3, -0.25) is 0 Å². The average Bonchev–Trinajstić information content (AvgIpc) is 2.78. The SMILES string of the molecule is CC(NCc1ncon1)C1CCCN(C)C1. The zero-order valence-electron chi connectivity index (χ0n) is 10.0. The van der Waals surface area contributed by atoms with Gasteiger partial charge in [0.25, 0.3) is 0 Å². The molecule has 2 heterocycles. The summed E-state index contributed by atoms with van der Waals surface area (Å²) in [6.45, 7) is 5.34. The second-order valence-electron chi connectivity index (χ2n) is 4.68. The summed E-state index contributed by atoms with van der Waals surface area (Å²) in [4.78, 5) is 6.40. The molecule has 0 aromatic carbocycles. The second-order valence-corrected chi connectivity index (χ2v) is 4.68. The Labute approximate surface area is 96.2 Å². The zero-order chi connectivity index (χ0) is 11.4. The highest BCUT2D eigenvalue weighted by molar-refractivity contribution is 4.82. The molecular weight excluding hydrogens is 204 g/mol. The van der Waals surface area contributed by atoms with Crippen molar-refractivity contribution in [1.82, 2.24) is 20.4 Å². The van der Waals surface area contributed by atoms with Crippen molar-refractivity contribution in [3.8, 4) is 0 Å². The third-order valence-corrected chi connectivity index (χ3v) is 3.36. The van der Waals surface area contributed by atoms with Crippen LogP contribution in [0.3, 0.4) is 0 Å². The molecule has 0 bridgehead atoms. The molecule has 1 N–H and O–H groups in total. The molecule has 5 heteroatoms. The minimum atomic E-state index is 0.501. The molecule has 0 saturated carbocycles. The van der Waals surface area contributed by atoms with Gasteiger partial charge in [0.1, 0.15) is 0 Å². The van der Waals surface area contributed by atoms with E-state index in [0.717, 1.165) is 11.7 Å². The lowest BCUT2D eigenvalue weighted by atomic mass is 9.92. The number of rotatable bonds is 4. The van der Waals surface area contributed by atoms with E-state index in [0.29, 0.717) is 12.6 Å². The molecule has 0 aliphatic carbocycles. The van der Waals surface area contributed by atoms with E-state index < -0.39 is 0 Å². The zero-order valence-corrected chi connectivity index (χ0v) is 10.0. The first-order chi connectivity index (χ1) is 7.75. The lowest BCUT2D eigenvalue weighted by Crippen LogP contribution is -2.42. The third-order valence-electron chi connectivity index (χ3n) is 3.36.